The minimum absolute atomic E-state index is 0.129. The Hall–Kier alpha value is -2.82. The van der Waals surface area contributed by atoms with Gasteiger partial charge in [0.2, 0.25) is 0 Å². The maximum Gasteiger partial charge on any atom is 0.307 e. The molecule has 24 heavy (non-hydrogen) atoms. The summed E-state index contributed by atoms with van der Waals surface area (Å²) in [5.41, 5.74) is 3.90. The van der Waals surface area contributed by atoms with Crippen LogP contribution in [-0.4, -0.2) is 23.2 Å². The largest absolute Gasteiger partial charge is 0.494 e. The maximum atomic E-state index is 14.1. The normalized spacial score (nSPS) is 11.0. The molecule has 2 N–H and O–H groups in total. The number of para-hydroxylation sites is 1. The maximum absolute atomic E-state index is 14.1. The SMILES string of the molecule is CCc1cccc2c(CC(=O)O)c(-c3ccc(OC)c(F)c3)[nH]c12. The second kappa shape index (κ2) is 6.35. The van der Waals surface area contributed by atoms with E-state index in [1.165, 1.54) is 13.2 Å². The number of aromatic nitrogens is 1. The number of hydrogen-bond acceptors (Lipinski definition) is 2. The minimum atomic E-state index is -0.923. The number of carboxylic acids is 1. The Balaban J connectivity index is 2.26. The molecule has 0 bridgehead atoms. The van der Waals surface area contributed by atoms with Gasteiger partial charge in [0.15, 0.2) is 11.6 Å². The van der Waals surface area contributed by atoms with E-state index in [1.54, 1.807) is 12.1 Å². The van der Waals surface area contributed by atoms with E-state index in [4.69, 9.17) is 4.74 Å². The molecule has 2 aromatic carbocycles. The van der Waals surface area contributed by atoms with Crippen LogP contribution in [0, 0.1) is 5.82 Å². The van der Waals surface area contributed by atoms with Crippen LogP contribution < -0.4 is 4.74 Å². The Morgan fingerprint density at radius 2 is 2.08 bits per heavy atom. The van der Waals surface area contributed by atoms with E-state index >= 15 is 0 Å². The summed E-state index contributed by atoms with van der Waals surface area (Å²) in [5, 5.41) is 10.1. The summed E-state index contributed by atoms with van der Waals surface area (Å²) >= 11 is 0. The average molecular weight is 327 g/mol. The van der Waals surface area contributed by atoms with Gasteiger partial charge in [0, 0.05) is 16.5 Å². The number of aliphatic carboxylic acids is 1. The Bertz CT molecular complexity index is 914. The molecule has 0 radical (unpaired) electrons. The van der Waals surface area contributed by atoms with Gasteiger partial charge in [-0.3, -0.25) is 4.79 Å². The average Bonchev–Trinajstić information content (AvgIpc) is 2.93. The number of aryl methyl sites for hydroxylation is 1. The molecule has 124 valence electrons. The summed E-state index contributed by atoms with van der Waals surface area (Å²) in [7, 11) is 1.41. The highest BCUT2D eigenvalue weighted by Gasteiger charge is 2.18. The molecule has 3 rings (SSSR count). The first-order chi connectivity index (χ1) is 11.5. The highest BCUT2D eigenvalue weighted by molar-refractivity contribution is 5.95. The fraction of sp³-hybridized carbons (Fsp3) is 0.211. The lowest BCUT2D eigenvalue weighted by atomic mass is 10.0. The third-order valence-corrected chi connectivity index (χ3v) is 4.18. The number of benzene rings is 2. The number of fused-ring (bicyclic) bond motifs is 1. The van der Waals surface area contributed by atoms with Gasteiger partial charge in [-0.05, 0) is 35.7 Å². The second-order valence-corrected chi connectivity index (χ2v) is 5.59. The molecule has 5 heteroatoms. The zero-order valence-corrected chi connectivity index (χ0v) is 13.5. The lowest BCUT2D eigenvalue weighted by Gasteiger charge is -2.06. The summed E-state index contributed by atoms with van der Waals surface area (Å²) in [5.74, 6) is -1.25. The number of nitrogens with one attached hydrogen (secondary N) is 1. The van der Waals surface area contributed by atoms with Crippen LogP contribution in [0.1, 0.15) is 18.1 Å². The molecule has 1 heterocycles. The highest BCUT2D eigenvalue weighted by Crippen LogP contribution is 2.34. The fourth-order valence-electron chi connectivity index (χ4n) is 3.03. The predicted octanol–water partition coefficient (Wildman–Crippen LogP) is 4.17. The van der Waals surface area contributed by atoms with Crippen LogP contribution >= 0.6 is 0 Å². The molecule has 0 aliphatic heterocycles. The topological polar surface area (TPSA) is 62.3 Å². The van der Waals surface area contributed by atoms with Crippen molar-refractivity contribution in [3.05, 3.63) is 53.3 Å². The summed E-state index contributed by atoms with van der Waals surface area (Å²) in [6.45, 7) is 2.04. The second-order valence-electron chi connectivity index (χ2n) is 5.59. The van der Waals surface area contributed by atoms with E-state index < -0.39 is 11.8 Å². The summed E-state index contributed by atoms with van der Waals surface area (Å²) < 4.78 is 19.0. The molecular weight excluding hydrogens is 309 g/mol. The summed E-state index contributed by atoms with van der Waals surface area (Å²) in [6, 6.07) is 10.4. The number of methoxy groups -OCH3 is 1. The Morgan fingerprint density at radius 1 is 1.29 bits per heavy atom. The molecule has 1 aromatic heterocycles. The van der Waals surface area contributed by atoms with Crippen LogP contribution in [0.15, 0.2) is 36.4 Å². The molecule has 0 fully saturated rings. The van der Waals surface area contributed by atoms with Crippen LogP contribution in [-0.2, 0) is 17.6 Å². The van der Waals surface area contributed by atoms with Gasteiger partial charge in [0.1, 0.15) is 0 Å². The molecule has 0 aliphatic rings. The highest BCUT2D eigenvalue weighted by atomic mass is 19.1. The first-order valence-corrected chi connectivity index (χ1v) is 7.73. The predicted molar refractivity (Wildman–Crippen MR) is 91.0 cm³/mol. The van der Waals surface area contributed by atoms with Gasteiger partial charge in [0.25, 0.3) is 0 Å². The number of ether oxygens (including phenoxy) is 1. The third kappa shape index (κ3) is 2.73. The number of halogens is 1. The third-order valence-electron chi connectivity index (χ3n) is 4.18. The molecule has 0 atom stereocenters. The van der Waals surface area contributed by atoms with Gasteiger partial charge in [-0.25, -0.2) is 4.39 Å². The lowest BCUT2D eigenvalue weighted by Crippen LogP contribution is -2.01. The van der Waals surface area contributed by atoms with Gasteiger partial charge in [-0.15, -0.1) is 0 Å². The zero-order chi connectivity index (χ0) is 17.3. The quantitative estimate of drug-likeness (QED) is 0.739. The van der Waals surface area contributed by atoms with Gasteiger partial charge in [-0.1, -0.05) is 25.1 Å². The van der Waals surface area contributed by atoms with Crippen molar-refractivity contribution >= 4 is 16.9 Å². The number of aromatic amines is 1. The van der Waals surface area contributed by atoms with Crippen molar-refractivity contribution in [1.82, 2.24) is 4.98 Å². The van der Waals surface area contributed by atoms with E-state index in [1.807, 2.05) is 25.1 Å². The van der Waals surface area contributed by atoms with E-state index in [2.05, 4.69) is 4.98 Å². The van der Waals surface area contributed by atoms with Crippen molar-refractivity contribution in [1.29, 1.82) is 0 Å². The van der Waals surface area contributed by atoms with Crippen molar-refractivity contribution in [3.8, 4) is 17.0 Å². The molecule has 0 spiro atoms. The summed E-state index contributed by atoms with van der Waals surface area (Å²) in [6.07, 6.45) is 0.691. The number of carboxylic acid groups (broad SMARTS) is 1. The standard InChI is InChI=1S/C19H18FNO3/c1-3-11-5-4-6-13-14(10-17(22)23)19(21-18(11)13)12-7-8-16(24-2)15(20)9-12/h4-9,21H,3,10H2,1-2H3,(H,22,23). The molecule has 0 aliphatic carbocycles. The van der Waals surface area contributed by atoms with E-state index in [0.717, 1.165) is 22.9 Å². The zero-order valence-electron chi connectivity index (χ0n) is 13.5. The molecule has 3 aromatic rings. The molecule has 0 amide bonds. The van der Waals surface area contributed by atoms with Gasteiger partial charge in [-0.2, -0.15) is 0 Å². The van der Waals surface area contributed by atoms with Crippen molar-refractivity contribution in [2.45, 2.75) is 19.8 Å². The van der Waals surface area contributed by atoms with Gasteiger partial charge in [0.05, 0.1) is 19.2 Å². The van der Waals surface area contributed by atoms with Crippen molar-refractivity contribution < 1.29 is 19.0 Å². The van der Waals surface area contributed by atoms with Crippen LogP contribution in [0.5, 0.6) is 5.75 Å². The molecule has 0 unspecified atom stereocenters. The van der Waals surface area contributed by atoms with Crippen molar-refractivity contribution in [2.24, 2.45) is 0 Å². The monoisotopic (exact) mass is 327 g/mol. The van der Waals surface area contributed by atoms with E-state index in [9.17, 15) is 14.3 Å². The first-order valence-electron chi connectivity index (χ1n) is 7.73. The van der Waals surface area contributed by atoms with E-state index in [0.29, 0.717) is 16.8 Å². The molecule has 0 saturated heterocycles. The lowest BCUT2D eigenvalue weighted by molar-refractivity contribution is -0.136. The van der Waals surface area contributed by atoms with Crippen molar-refractivity contribution in [2.75, 3.05) is 7.11 Å². The fourth-order valence-corrected chi connectivity index (χ4v) is 3.03. The molecular formula is C19H18FNO3. The summed E-state index contributed by atoms with van der Waals surface area (Å²) in [4.78, 5) is 14.6. The minimum Gasteiger partial charge on any atom is -0.494 e. The van der Waals surface area contributed by atoms with Gasteiger partial charge >= 0.3 is 5.97 Å². The number of rotatable bonds is 5. The number of H-pyrrole nitrogens is 1. The van der Waals surface area contributed by atoms with Crippen LogP contribution in [0.2, 0.25) is 0 Å². The van der Waals surface area contributed by atoms with Gasteiger partial charge < -0.3 is 14.8 Å². The van der Waals surface area contributed by atoms with Crippen molar-refractivity contribution in [3.63, 3.8) is 0 Å². The number of carbonyl (C=O) groups is 1. The molecule has 4 nitrogen and oxygen atoms in total. The Morgan fingerprint density at radius 3 is 2.71 bits per heavy atom. The van der Waals surface area contributed by atoms with E-state index in [-0.39, 0.29) is 12.2 Å². The van der Waals surface area contributed by atoms with Crippen LogP contribution in [0.3, 0.4) is 0 Å². The van der Waals surface area contributed by atoms with Crippen LogP contribution in [0.25, 0.3) is 22.2 Å². The van der Waals surface area contributed by atoms with Crippen LogP contribution in [0.4, 0.5) is 4.39 Å². The Kier molecular flexibility index (Phi) is 4.25. The number of hydrogen-bond donors (Lipinski definition) is 2. The Labute approximate surface area is 138 Å². The first kappa shape index (κ1) is 16.1. The smallest absolute Gasteiger partial charge is 0.307 e. The molecule has 0 saturated carbocycles.